The summed E-state index contributed by atoms with van der Waals surface area (Å²) >= 11 is 0. The fourth-order valence-corrected chi connectivity index (χ4v) is 4.91. The molecule has 0 amide bonds. The quantitative estimate of drug-likeness (QED) is 0.593. The predicted octanol–water partition coefficient (Wildman–Crippen LogP) is 2.77. The molecule has 0 aliphatic heterocycles. The molecule has 0 aromatic heterocycles. The van der Waals surface area contributed by atoms with Crippen LogP contribution in [0.5, 0.6) is 0 Å². The molecule has 0 heterocycles. The number of phosphoric ester groups is 1. The highest BCUT2D eigenvalue weighted by molar-refractivity contribution is 7.43. The van der Waals surface area contributed by atoms with Crippen LogP contribution in [0.1, 0.15) is 59.8 Å². The lowest BCUT2D eigenvalue weighted by Crippen LogP contribution is -2.46. The summed E-state index contributed by atoms with van der Waals surface area (Å²) in [5.41, 5.74) is 2.49. The first kappa shape index (κ1) is 16.2. The molecular weight excluding hydrogens is 275 g/mol. The van der Waals surface area contributed by atoms with Gasteiger partial charge in [-0.1, -0.05) is 32.8 Å². The van der Waals surface area contributed by atoms with Crippen LogP contribution in [0.15, 0.2) is 11.1 Å². The molecule has 2 aliphatic carbocycles. The normalized spacial score (nSPS) is 34.0. The van der Waals surface area contributed by atoms with Crippen LogP contribution >= 0.6 is 7.82 Å². The summed E-state index contributed by atoms with van der Waals surface area (Å²) in [7, 11) is -4.90. The molecule has 5 heteroatoms. The summed E-state index contributed by atoms with van der Waals surface area (Å²) in [4.78, 5) is 21.6. The van der Waals surface area contributed by atoms with Crippen LogP contribution in [0.2, 0.25) is 0 Å². The van der Waals surface area contributed by atoms with Gasteiger partial charge >= 0.3 is 0 Å². The Morgan fingerprint density at radius 2 is 1.95 bits per heavy atom. The van der Waals surface area contributed by atoms with E-state index in [1.807, 2.05) is 6.92 Å². The van der Waals surface area contributed by atoms with Gasteiger partial charge in [-0.05, 0) is 54.9 Å². The number of fused-ring (bicyclic) bond motifs is 1. The maximum absolute atomic E-state index is 10.8. The summed E-state index contributed by atoms with van der Waals surface area (Å²) in [6.45, 7) is 8.82. The third-order valence-corrected chi connectivity index (χ3v) is 6.05. The van der Waals surface area contributed by atoms with E-state index in [4.69, 9.17) is 0 Å². The zero-order valence-electron chi connectivity index (χ0n) is 12.9. The van der Waals surface area contributed by atoms with Crippen molar-refractivity contribution >= 4 is 7.82 Å². The number of allylic oxidation sites excluding steroid dienone is 1. The van der Waals surface area contributed by atoms with Crippen LogP contribution in [0.4, 0.5) is 0 Å². The Kier molecular flexibility index (Phi) is 4.25. The molecule has 0 bridgehead atoms. The van der Waals surface area contributed by atoms with Crippen molar-refractivity contribution in [1.29, 1.82) is 0 Å². The Hall–Kier alpha value is -0.150. The van der Waals surface area contributed by atoms with Crippen molar-refractivity contribution in [1.82, 2.24) is 0 Å². The molecule has 0 radical (unpaired) electrons. The predicted molar refractivity (Wildman–Crippen MR) is 74.7 cm³/mol. The smallest absolute Gasteiger partial charge is 0.0737 e. The molecule has 116 valence electrons. The highest BCUT2D eigenvalue weighted by Gasteiger charge is 2.50. The summed E-state index contributed by atoms with van der Waals surface area (Å²) in [5.74, 6) is 0.531. The number of hydrogen-bond acceptors (Lipinski definition) is 4. The number of phosphoric acid groups is 1. The molecule has 2 atom stereocenters. The summed E-state index contributed by atoms with van der Waals surface area (Å²) in [6.07, 6.45) is 5.53. The SMILES string of the molecule is CC1=C(COP(=O)([O-])[O-])[C@@]2(C)CCCC(C)(C)[C@@H]2CC1. The first-order valence-electron chi connectivity index (χ1n) is 7.42. The van der Waals surface area contributed by atoms with Gasteiger partial charge in [-0.3, -0.25) is 0 Å². The van der Waals surface area contributed by atoms with Crippen molar-refractivity contribution in [3.05, 3.63) is 11.1 Å². The maximum atomic E-state index is 10.8. The Labute approximate surface area is 121 Å². The molecular formula is C15H25O4P-2. The van der Waals surface area contributed by atoms with Gasteiger partial charge in [0.2, 0.25) is 0 Å². The largest absolute Gasteiger partial charge is 0.790 e. The topological polar surface area (TPSA) is 72.4 Å². The number of rotatable bonds is 3. The van der Waals surface area contributed by atoms with Gasteiger partial charge in [-0.15, -0.1) is 0 Å². The van der Waals surface area contributed by atoms with Gasteiger partial charge in [-0.2, -0.15) is 0 Å². The van der Waals surface area contributed by atoms with Crippen molar-refractivity contribution < 1.29 is 18.9 Å². The van der Waals surface area contributed by atoms with Crippen LogP contribution in [0, 0.1) is 16.7 Å². The molecule has 4 nitrogen and oxygen atoms in total. The molecule has 20 heavy (non-hydrogen) atoms. The van der Waals surface area contributed by atoms with E-state index in [9.17, 15) is 14.4 Å². The lowest BCUT2D eigenvalue weighted by molar-refractivity contribution is -0.341. The molecule has 2 rings (SSSR count). The third kappa shape index (κ3) is 3.04. The first-order valence-corrected chi connectivity index (χ1v) is 8.88. The molecule has 0 spiro atoms. The van der Waals surface area contributed by atoms with E-state index in [2.05, 4.69) is 25.3 Å². The van der Waals surface area contributed by atoms with E-state index in [0.29, 0.717) is 5.92 Å². The Bertz CT molecular complexity index is 462. The van der Waals surface area contributed by atoms with E-state index in [-0.39, 0.29) is 17.4 Å². The van der Waals surface area contributed by atoms with Crippen LogP contribution in [-0.4, -0.2) is 6.61 Å². The van der Waals surface area contributed by atoms with Gasteiger partial charge in [0, 0.05) is 0 Å². The van der Waals surface area contributed by atoms with Gasteiger partial charge in [0.15, 0.2) is 0 Å². The number of hydrogen-bond donors (Lipinski definition) is 0. The van der Waals surface area contributed by atoms with E-state index >= 15 is 0 Å². The van der Waals surface area contributed by atoms with Crippen molar-refractivity contribution in [3.63, 3.8) is 0 Å². The van der Waals surface area contributed by atoms with Crippen LogP contribution < -0.4 is 9.79 Å². The zero-order valence-corrected chi connectivity index (χ0v) is 13.8. The van der Waals surface area contributed by atoms with E-state index in [0.717, 1.165) is 31.3 Å². The van der Waals surface area contributed by atoms with Gasteiger partial charge in [-0.25, -0.2) is 0 Å². The van der Waals surface area contributed by atoms with Gasteiger partial charge in [0.25, 0.3) is 0 Å². The minimum atomic E-state index is -4.90. The van der Waals surface area contributed by atoms with Crippen LogP contribution in [-0.2, 0) is 9.09 Å². The molecule has 2 aliphatic rings. The summed E-state index contributed by atoms with van der Waals surface area (Å²) in [6, 6.07) is 0. The second kappa shape index (κ2) is 5.24. The lowest BCUT2D eigenvalue weighted by atomic mass is 9.50. The zero-order chi connectivity index (χ0) is 15.2. The fraction of sp³-hybridized carbons (Fsp3) is 0.867. The highest BCUT2D eigenvalue weighted by atomic mass is 31.2. The Morgan fingerprint density at radius 3 is 2.55 bits per heavy atom. The fourth-order valence-electron chi connectivity index (χ4n) is 4.62. The van der Waals surface area contributed by atoms with Gasteiger partial charge in [0.05, 0.1) is 14.4 Å². The average Bonchev–Trinajstić information content (AvgIpc) is 2.24. The minimum Gasteiger partial charge on any atom is -0.790 e. The average molecular weight is 300 g/mol. The van der Waals surface area contributed by atoms with Crippen molar-refractivity contribution in [2.45, 2.75) is 59.8 Å². The molecule has 0 aromatic rings. The van der Waals surface area contributed by atoms with Crippen molar-refractivity contribution in [2.24, 2.45) is 16.7 Å². The van der Waals surface area contributed by atoms with E-state index in [1.165, 1.54) is 12.0 Å². The van der Waals surface area contributed by atoms with Crippen molar-refractivity contribution in [3.8, 4) is 0 Å². The monoisotopic (exact) mass is 300 g/mol. The minimum absolute atomic E-state index is 0.0285. The van der Waals surface area contributed by atoms with Crippen molar-refractivity contribution in [2.75, 3.05) is 6.61 Å². The van der Waals surface area contributed by atoms with Gasteiger partial charge < -0.3 is 18.9 Å². The molecule has 0 unspecified atom stereocenters. The van der Waals surface area contributed by atoms with Gasteiger partial charge in [0.1, 0.15) is 0 Å². The molecule has 0 N–H and O–H groups in total. The second-order valence-electron chi connectivity index (χ2n) is 7.33. The second-order valence-corrected chi connectivity index (χ2v) is 8.48. The van der Waals surface area contributed by atoms with E-state index in [1.54, 1.807) is 0 Å². The van der Waals surface area contributed by atoms with Crippen LogP contribution in [0.25, 0.3) is 0 Å². The van der Waals surface area contributed by atoms with E-state index < -0.39 is 7.82 Å². The Balaban J connectivity index is 2.31. The lowest BCUT2D eigenvalue weighted by Gasteiger charge is -2.55. The third-order valence-electron chi connectivity index (χ3n) is 5.61. The molecule has 1 fully saturated rings. The summed E-state index contributed by atoms with van der Waals surface area (Å²) < 4.78 is 15.4. The standard InChI is InChI=1S/C15H27O4P/c1-11-6-7-13-14(2,3)8-5-9-15(13,4)12(11)10-19-20(16,17)18/h13H,5-10H2,1-4H3,(H2,16,17,18)/p-2/t13-,15+/m0/s1. The maximum Gasteiger partial charge on any atom is 0.0737 e. The molecule has 1 saturated carbocycles. The first-order chi connectivity index (χ1) is 9.06. The highest BCUT2D eigenvalue weighted by Crippen LogP contribution is 2.59. The van der Waals surface area contributed by atoms with Crippen LogP contribution in [0.3, 0.4) is 0 Å². The summed E-state index contributed by atoms with van der Waals surface area (Å²) in [5, 5.41) is 0. The Morgan fingerprint density at radius 1 is 1.30 bits per heavy atom. The molecule has 0 aromatic carbocycles. The molecule has 0 saturated heterocycles.